The number of nitrogens with one attached hydrogen (secondary N) is 1. The Morgan fingerprint density at radius 3 is 2.94 bits per heavy atom. The van der Waals surface area contributed by atoms with Crippen LogP contribution in [0.5, 0.6) is 0 Å². The summed E-state index contributed by atoms with van der Waals surface area (Å²) in [7, 11) is 0. The number of hydrogen-bond donors (Lipinski definition) is 2. The van der Waals surface area contributed by atoms with Crippen molar-refractivity contribution in [3.05, 3.63) is 28.5 Å². The normalized spacial score (nSPS) is 12.2. The van der Waals surface area contributed by atoms with Gasteiger partial charge in [0.1, 0.15) is 0 Å². The topological polar surface area (TPSA) is 68.0 Å². The number of hydrogen-bond acceptors (Lipinski definition) is 3. The molecule has 1 amide bonds. The second kappa shape index (κ2) is 6.60. The van der Waals surface area contributed by atoms with Gasteiger partial charge in [0.2, 0.25) is 0 Å². The fourth-order valence-electron chi connectivity index (χ4n) is 1.40. The molecule has 1 aromatic rings. The maximum atomic E-state index is 11.8. The molecular formula is C11H16BrN3O. The van der Waals surface area contributed by atoms with E-state index in [1.165, 1.54) is 0 Å². The lowest BCUT2D eigenvalue weighted by Crippen LogP contribution is -2.40. The smallest absolute Gasteiger partial charge is 0.253 e. The third-order valence-electron chi connectivity index (χ3n) is 2.22. The van der Waals surface area contributed by atoms with Gasteiger partial charge in [0.15, 0.2) is 0 Å². The number of amides is 1. The standard InChI is InChI=1S/C11H16BrN3O/c1-2-3-10(5-13)15-11(16)8-4-9(12)7-14-6-8/h4,6-7,10H,2-3,5,13H2,1H3,(H,15,16). The molecule has 0 aromatic carbocycles. The summed E-state index contributed by atoms with van der Waals surface area (Å²) in [5, 5.41) is 2.89. The van der Waals surface area contributed by atoms with Crippen molar-refractivity contribution in [2.75, 3.05) is 6.54 Å². The Kier molecular flexibility index (Phi) is 5.42. The first kappa shape index (κ1) is 13.1. The van der Waals surface area contributed by atoms with Gasteiger partial charge in [-0.05, 0) is 28.4 Å². The average molecular weight is 286 g/mol. The number of pyridine rings is 1. The Labute approximate surface area is 104 Å². The van der Waals surface area contributed by atoms with Crippen molar-refractivity contribution in [1.82, 2.24) is 10.3 Å². The fraction of sp³-hybridized carbons (Fsp3) is 0.455. The van der Waals surface area contributed by atoms with Crippen LogP contribution in [0.1, 0.15) is 30.1 Å². The summed E-state index contributed by atoms with van der Waals surface area (Å²) in [5.74, 6) is -0.127. The number of nitrogens with two attached hydrogens (primary N) is 1. The van der Waals surface area contributed by atoms with Gasteiger partial charge in [-0.3, -0.25) is 9.78 Å². The predicted molar refractivity (Wildman–Crippen MR) is 67.2 cm³/mol. The van der Waals surface area contributed by atoms with E-state index in [1.54, 1.807) is 18.5 Å². The molecule has 0 bridgehead atoms. The molecule has 1 rings (SSSR count). The highest BCUT2D eigenvalue weighted by atomic mass is 79.9. The third kappa shape index (κ3) is 3.90. The van der Waals surface area contributed by atoms with Crippen LogP contribution < -0.4 is 11.1 Å². The first-order chi connectivity index (χ1) is 7.67. The summed E-state index contributed by atoms with van der Waals surface area (Å²) in [6.07, 6.45) is 5.07. The molecule has 3 N–H and O–H groups in total. The van der Waals surface area contributed by atoms with Crippen molar-refractivity contribution < 1.29 is 4.79 Å². The zero-order valence-corrected chi connectivity index (χ0v) is 10.8. The summed E-state index contributed by atoms with van der Waals surface area (Å²) in [6, 6.07) is 1.78. The molecule has 1 aromatic heterocycles. The minimum absolute atomic E-state index is 0.0384. The average Bonchev–Trinajstić information content (AvgIpc) is 2.28. The maximum absolute atomic E-state index is 11.8. The van der Waals surface area contributed by atoms with Crippen molar-refractivity contribution in [3.8, 4) is 0 Å². The van der Waals surface area contributed by atoms with E-state index in [0.717, 1.165) is 17.3 Å². The molecule has 0 saturated carbocycles. The van der Waals surface area contributed by atoms with E-state index in [9.17, 15) is 4.79 Å². The molecule has 0 saturated heterocycles. The van der Waals surface area contributed by atoms with Crippen LogP contribution in [0.4, 0.5) is 0 Å². The lowest BCUT2D eigenvalue weighted by atomic mass is 10.1. The first-order valence-corrected chi connectivity index (χ1v) is 6.08. The molecule has 4 nitrogen and oxygen atoms in total. The zero-order valence-electron chi connectivity index (χ0n) is 9.24. The Hall–Kier alpha value is -0.940. The van der Waals surface area contributed by atoms with Crippen molar-refractivity contribution in [1.29, 1.82) is 0 Å². The first-order valence-electron chi connectivity index (χ1n) is 5.28. The van der Waals surface area contributed by atoms with E-state index in [4.69, 9.17) is 5.73 Å². The van der Waals surface area contributed by atoms with Crippen LogP contribution in [0.25, 0.3) is 0 Å². The van der Waals surface area contributed by atoms with E-state index >= 15 is 0 Å². The molecule has 0 spiro atoms. The molecule has 0 aliphatic carbocycles. The van der Waals surface area contributed by atoms with E-state index in [1.807, 2.05) is 0 Å². The van der Waals surface area contributed by atoms with Gasteiger partial charge < -0.3 is 11.1 Å². The molecular weight excluding hydrogens is 270 g/mol. The summed E-state index contributed by atoms with van der Waals surface area (Å²) in [6.45, 7) is 2.52. The summed E-state index contributed by atoms with van der Waals surface area (Å²) in [4.78, 5) is 15.8. The molecule has 0 aliphatic rings. The summed E-state index contributed by atoms with van der Waals surface area (Å²) >= 11 is 3.28. The number of nitrogens with zero attached hydrogens (tertiary/aromatic N) is 1. The number of carbonyl (C=O) groups is 1. The number of rotatable bonds is 5. The van der Waals surface area contributed by atoms with Gasteiger partial charge >= 0.3 is 0 Å². The van der Waals surface area contributed by atoms with Crippen LogP contribution in [0, 0.1) is 0 Å². The lowest BCUT2D eigenvalue weighted by molar-refractivity contribution is 0.0935. The SMILES string of the molecule is CCCC(CN)NC(=O)c1cncc(Br)c1. The quantitative estimate of drug-likeness (QED) is 0.865. The predicted octanol–water partition coefficient (Wildman–Crippen LogP) is 1.70. The molecule has 1 unspecified atom stereocenters. The number of halogens is 1. The molecule has 0 aliphatic heterocycles. The fourth-order valence-corrected chi connectivity index (χ4v) is 1.77. The Morgan fingerprint density at radius 1 is 1.62 bits per heavy atom. The minimum atomic E-state index is -0.127. The van der Waals surface area contributed by atoms with Crippen LogP contribution >= 0.6 is 15.9 Å². The van der Waals surface area contributed by atoms with Crippen molar-refractivity contribution in [2.24, 2.45) is 5.73 Å². The molecule has 5 heteroatoms. The third-order valence-corrected chi connectivity index (χ3v) is 2.66. The second-order valence-electron chi connectivity index (χ2n) is 3.59. The number of aromatic nitrogens is 1. The summed E-state index contributed by atoms with van der Waals surface area (Å²) in [5.41, 5.74) is 6.12. The van der Waals surface area contributed by atoms with Gasteiger partial charge in [0.25, 0.3) is 5.91 Å². The van der Waals surface area contributed by atoms with Gasteiger partial charge in [-0.2, -0.15) is 0 Å². The van der Waals surface area contributed by atoms with Gasteiger partial charge in [0.05, 0.1) is 5.56 Å². The molecule has 88 valence electrons. The highest BCUT2D eigenvalue weighted by Crippen LogP contribution is 2.09. The van der Waals surface area contributed by atoms with E-state index in [2.05, 4.69) is 33.2 Å². The Morgan fingerprint density at radius 2 is 2.38 bits per heavy atom. The van der Waals surface area contributed by atoms with Crippen LogP contribution in [0.15, 0.2) is 22.9 Å². The van der Waals surface area contributed by atoms with E-state index in [-0.39, 0.29) is 11.9 Å². The molecule has 0 radical (unpaired) electrons. The van der Waals surface area contributed by atoms with Gasteiger partial charge in [-0.25, -0.2) is 0 Å². The molecule has 1 heterocycles. The van der Waals surface area contributed by atoms with Crippen molar-refractivity contribution in [3.63, 3.8) is 0 Å². The monoisotopic (exact) mass is 285 g/mol. The van der Waals surface area contributed by atoms with Crippen LogP contribution in [0.3, 0.4) is 0 Å². The van der Waals surface area contributed by atoms with Crippen molar-refractivity contribution in [2.45, 2.75) is 25.8 Å². The minimum Gasteiger partial charge on any atom is -0.348 e. The van der Waals surface area contributed by atoms with Gasteiger partial charge in [0, 0.05) is 29.5 Å². The molecule has 0 fully saturated rings. The van der Waals surface area contributed by atoms with E-state index in [0.29, 0.717) is 12.1 Å². The van der Waals surface area contributed by atoms with Gasteiger partial charge in [-0.1, -0.05) is 13.3 Å². The van der Waals surface area contributed by atoms with E-state index < -0.39 is 0 Å². The summed E-state index contributed by atoms with van der Waals surface area (Å²) < 4.78 is 0.792. The van der Waals surface area contributed by atoms with Crippen LogP contribution in [0.2, 0.25) is 0 Å². The van der Waals surface area contributed by atoms with Gasteiger partial charge in [-0.15, -0.1) is 0 Å². The second-order valence-corrected chi connectivity index (χ2v) is 4.50. The molecule has 1 atom stereocenters. The largest absolute Gasteiger partial charge is 0.348 e. The number of carbonyl (C=O) groups excluding carboxylic acids is 1. The maximum Gasteiger partial charge on any atom is 0.253 e. The Bertz CT molecular complexity index is 357. The van der Waals surface area contributed by atoms with Crippen molar-refractivity contribution >= 4 is 21.8 Å². The highest BCUT2D eigenvalue weighted by Gasteiger charge is 2.11. The lowest BCUT2D eigenvalue weighted by Gasteiger charge is -2.15. The van der Waals surface area contributed by atoms with Crippen LogP contribution in [-0.2, 0) is 0 Å². The highest BCUT2D eigenvalue weighted by molar-refractivity contribution is 9.10. The zero-order chi connectivity index (χ0) is 12.0. The van der Waals surface area contributed by atoms with Crippen LogP contribution in [-0.4, -0.2) is 23.5 Å². The molecule has 16 heavy (non-hydrogen) atoms. The Balaban J connectivity index is 2.64.